The molecule has 160 valence electrons. The number of phenols is 1. The number of anilines is 1. The number of aromatic hydroxyl groups is 1. The van der Waals surface area contributed by atoms with Crippen LogP contribution in [0.4, 0.5) is 5.69 Å². The van der Waals surface area contributed by atoms with Crippen molar-refractivity contribution in [2.45, 2.75) is 13.0 Å². The fourth-order valence-corrected chi connectivity index (χ4v) is 4.17. The number of para-hydroxylation sites is 1. The summed E-state index contributed by atoms with van der Waals surface area (Å²) in [6, 6.07) is 21.0. The molecule has 0 aliphatic carbocycles. The Morgan fingerprint density at radius 1 is 1.03 bits per heavy atom. The molecule has 0 spiro atoms. The fraction of sp³-hybridized carbons (Fsp3) is 0.115. The van der Waals surface area contributed by atoms with Gasteiger partial charge in [-0.25, -0.2) is 0 Å². The Balaban J connectivity index is 1.57. The second-order valence-electron chi connectivity index (χ2n) is 7.75. The third-order valence-corrected chi connectivity index (χ3v) is 5.90. The molecule has 5 rings (SSSR count). The summed E-state index contributed by atoms with van der Waals surface area (Å²) in [5, 5.41) is 19.7. The smallest absolute Gasteiger partial charge is 0.147 e. The quantitative estimate of drug-likeness (QED) is 0.452. The van der Waals surface area contributed by atoms with Crippen LogP contribution in [0, 0.1) is 0 Å². The summed E-state index contributed by atoms with van der Waals surface area (Å²) in [7, 11) is 2.00. The largest absolute Gasteiger partial charge is 0.505 e. The van der Waals surface area contributed by atoms with E-state index in [4.69, 9.17) is 4.42 Å². The molecule has 6 nitrogen and oxygen atoms in total. The van der Waals surface area contributed by atoms with Gasteiger partial charge in [-0.05, 0) is 37.3 Å². The van der Waals surface area contributed by atoms with E-state index in [1.165, 1.54) is 0 Å². The number of furan rings is 1. The first kappa shape index (κ1) is 19.8. The third kappa shape index (κ3) is 3.17. The fourth-order valence-electron chi connectivity index (χ4n) is 4.17. The minimum atomic E-state index is -0.428. The number of aromatic nitrogens is 1. The number of hydrogen-bond acceptors (Lipinski definition) is 6. The van der Waals surface area contributed by atoms with Crippen molar-refractivity contribution in [3.63, 3.8) is 0 Å². The highest BCUT2D eigenvalue weighted by atomic mass is 16.3. The number of rotatable bonds is 5. The minimum Gasteiger partial charge on any atom is -0.505 e. The van der Waals surface area contributed by atoms with Crippen LogP contribution in [0.5, 0.6) is 5.75 Å². The lowest BCUT2D eigenvalue weighted by Crippen LogP contribution is -2.32. The molecular formula is C26H24N4O2. The van der Waals surface area contributed by atoms with Gasteiger partial charge in [0.05, 0.1) is 29.0 Å². The molecule has 0 radical (unpaired) electrons. The standard InChI is InChI=1S/C26H24N4O2/c1-17-23(18(2)30(29(17)3)20-10-5-4-6-11-20)28-25(22-12-8-16-32-22)21-14-13-19-9-7-15-27-24(19)26(21)31/h4-16,25,28,31H,2H2,1,3H3. The Labute approximate surface area is 186 Å². The lowest BCUT2D eigenvalue weighted by Gasteiger charge is -2.29. The van der Waals surface area contributed by atoms with Gasteiger partial charge in [-0.2, -0.15) is 0 Å². The molecule has 1 unspecified atom stereocenters. The summed E-state index contributed by atoms with van der Waals surface area (Å²) in [4.78, 5) is 4.38. The van der Waals surface area contributed by atoms with E-state index >= 15 is 0 Å². The lowest BCUT2D eigenvalue weighted by molar-refractivity contribution is 0.432. The van der Waals surface area contributed by atoms with Gasteiger partial charge in [0.1, 0.15) is 23.1 Å². The van der Waals surface area contributed by atoms with Crippen molar-refractivity contribution in [1.29, 1.82) is 0 Å². The molecule has 2 aromatic heterocycles. The average Bonchev–Trinajstić information content (AvgIpc) is 3.42. The van der Waals surface area contributed by atoms with Crippen molar-refractivity contribution in [3.05, 3.63) is 114 Å². The number of nitrogens with zero attached hydrogens (tertiary/aromatic N) is 3. The summed E-state index contributed by atoms with van der Waals surface area (Å²) in [6.07, 6.45) is 3.31. The molecule has 1 aliphatic heterocycles. The number of pyridine rings is 1. The highest BCUT2D eigenvalue weighted by Crippen LogP contribution is 2.39. The Morgan fingerprint density at radius 2 is 1.84 bits per heavy atom. The van der Waals surface area contributed by atoms with Crippen molar-refractivity contribution in [2.75, 3.05) is 12.1 Å². The van der Waals surface area contributed by atoms with Crippen molar-refractivity contribution in [3.8, 4) is 5.75 Å². The van der Waals surface area contributed by atoms with Gasteiger partial charge in [0.25, 0.3) is 0 Å². The van der Waals surface area contributed by atoms with Crippen LogP contribution in [0.1, 0.15) is 24.3 Å². The van der Waals surface area contributed by atoms with Crippen LogP contribution < -0.4 is 10.3 Å². The molecule has 0 bridgehead atoms. The molecule has 3 heterocycles. The van der Waals surface area contributed by atoms with Crippen LogP contribution in [-0.2, 0) is 0 Å². The molecule has 6 heteroatoms. The zero-order chi connectivity index (χ0) is 22.2. The normalized spacial score (nSPS) is 15.0. The van der Waals surface area contributed by atoms with E-state index < -0.39 is 6.04 Å². The Hall–Kier alpha value is -4.19. The molecule has 2 aromatic carbocycles. The van der Waals surface area contributed by atoms with E-state index in [2.05, 4.69) is 26.9 Å². The molecule has 0 amide bonds. The predicted molar refractivity (Wildman–Crippen MR) is 126 cm³/mol. The number of fused-ring (bicyclic) bond motifs is 1. The number of hydrogen-bond donors (Lipinski definition) is 2. The molecule has 0 saturated heterocycles. The monoisotopic (exact) mass is 424 g/mol. The van der Waals surface area contributed by atoms with Gasteiger partial charge in [-0.3, -0.25) is 15.0 Å². The number of nitrogens with one attached hydrogen (secondary N) is 1. The van der Waals surface area contributed by atoms with Gasteiger partial charge >= 0.3 is 0 Å². The summed E-state index contributed by atoms with van der Waals surface area (Å²) in [6.45, 7) is 6.39. The first-order chi connectivity index (χ1) is 15.6. The van der Waals surface area contributed by atoms with E-state index in [9.17, 15) is 5.11 Å². The summed E-state index contributed by atoms with van der Waals surface area (Å²) < 4.78 is 5.76. The number of allylic oxidation sites excluding steroid dienone is 1. The topological polar surface area (TPSA) is 64.8 Å². The zero-order valence-corrected chi connectivity index (χ0v) is 18.0. The number of benzene rings is 2. The maximum atomic E-state index is 11.1. The molecule has 1 atom stereocenters. The van der Waals surface area contributed by atoms with Gasteiger partial charge < -0.3 is 14.8 Å². The SMILES string of the molecule is C=C1C(NC(c2ccco2)c2ccc3cccnc3c2O)=C(C)N(C)N1c1ccccc1. The Kier molecular flexibility index (Phi) is 4.82. The Bertz CT molecular complexity index is 1310. The van der Waals surface area contributed by atoms with E-state index in [1.54, 1.807) is 12.5 Å². The number of phenolic OH excluding ortho intramolecular Hbond substituents is 1. The van der Waals surface area contributed by atoms with Crippen molar-refractivity contribution >= 4 is 16.6 Å². The first-order valence-corrected chi connectivity index (χ1v) is 10.4. The molecule has 1 aliphatic rings. The molecule has 4 aromatic rings. The third-order valence-electron chi connectivity index (χ3n) is 5.90. The average molecular weight is 425 g/mol. The van der Waals surface area contributed by atoms with Crippen LogP contribution >= 0.6 is 0 Å². The maximum absolute atomic E-state index is 11.1. The van der Waals surface area contributed by atoms with E-state index in [1.807, 2.05) is 80.7 Å². The molecule has 2 N–H and O–H groups in total. The van der Waals surface area contributed by atoms with E-state index in [-0.39, 0.29) is 5.75 Å². The van der Waals surface area contributed by atoms with Crippen molar-refractivity contribution in [1.82, 2.24) is 15.3 Å². The summed E-state index contributed by atoms with van der Waals surface area (Å²) >= 11 is 0. The maximum Gasteiger partial charge on any atom is 0.147 e. The molecule has 32 heavy (non-hydrogen) atoms. The van der Waals surface area contributed by atoms with Crippen LogP contribution in [0.3, 0.4) is 0 Å². The van der Waals surface area contributed by atoms with Crippen molar-refractivity contribution in [2.24, 2.45) is 0 Å². The minimum absolute atomic E-state index is 0.132. The number of hydrazine groups is 1. The van der Waals surface area contributed by atoms with Gasteiger partial charge in [-0.15, -0.1) is 0 Å². The lowest BCUT2D eigenvalue weighted by atomic mass is 10.00. The van der Waals surface area contributed by atoms with Crippen LogP contribution in [0.15, 0.2) is 107 Å². The molecule has 0 fully saturated rings. The van der Waals surface area contributed by atoms with Crippen LogP contribution in [-0.4, -0.2) is 22.1 Å². The van der Waals surface area contributed by atoms with Gasteiger partial charge in [0.2, 0.25) is 0 Å². The predicted octanol–water partition coefficient (Wildman–Crippen LogP) is 5.32. The van der Waals surface area contributed by atoms with Gasteiger partial charge in [0.15, 0.2) is 0 Å². The highest BCUT2D eigenvalue weighted by Gasteiger charge is 2.32. The van der Waals surface area contributed by atoms with Crippen molar-refractivity contribution < 1.29 is 9.52 Å². The van der Waals surface area contributed by atoms with Crippen LogP contribution in [0.2, 0.25) is 0 Å². The van der Waals surface area contributed by atoms with E-state index in [0.717, 1.165) is 28.2 Å². The molecular weight excluding hydrogens is 400 g/mol. The van der Waals surface area contributed by atoms with E-state index in [0.29, 0.717) is 16.8 Å². The Morgan fingerprint density at radius 3 is 2.59 bits per heavy atom. The zero-order valence-electron chi connectivity index (χ0n) is 18.0. The first-order valence-electron chi connectivity index (χ1n) is 10.4. The second-order valence-corrected chi connectivity index (χ2v) is 7.75. The highest BCUT2D eigenvalue weighted by molar-refractivity contribution is 5.85. The van der Waals surface area contributed by atoms with Crippen LogP contribution in [0.25, 0.3) is 10.9 Å². The summed E-state index contributed by atoms with van der Waals surface area (Å²) in [5.74, 6) is 0.816. The summed E-state index contributed by atoms with van der Waals surface area (Å²) in [5.41, 5.74) is 4.95. The second kappa shape index (κ2) is 7.81. The molecule has 0 saturated carbocycles. The van der Waals surface area contributed by atoms with Gasteiger partial charge in [0, 0.05) is 24.2 Å². The van der Waals surface area contributed by atoms with Gasteiger partial charge in [-0.1, -0.05) is 43.0 Å².